The van der Waals surface area contributed by atoms with E-state index in [1.807, 2.05) is 6.07 Å². The summed E-state index contributed by atoms with van der Waals surface area (Å²) in [5.74, 6) is 0. The maximum Gasteiger partial charge on any atom is 0.136 e. The number of hydrogen-bond acceptors (Lipinski definition) is 0. The van der Waals surface area contributed by atoms with Gasteiger partial charge in [-0.25, -0.2) is 4.39 Å². The van der Waals surface area contributed by atoms with Crippen LogP contribution < -0.4 is 0 Å². The topological polar surface area (TPSA) is 0 Å². The molecule has 1 heteroatoms. The second-order valence-electron chi connectivity index (χ2n) is 2.33. The monoisotopic (exact) mass is 136 g/mol. The second-order valence-corrected chi connectivity index (χ2v) is 2.33. The summed E-state index contributed by atoms with van der Waals surface area (Å²) in [6.45, 7) is 6.53. The highest BCUT2D eigenvalue weighted by molar-refractivity contribution is 5.24. The standard InChI is InChI=1S/C9H9F/c1-9(2,10)8-6-4-3-5-7-8/h3-7H,1-2H2. The Hall–Kier alpha value is -0.850. The van der Waals surface area contributed by atoms with E-state index in [-0.39, 0.29) is 0 Å². The van der Waals surface area contributed by atoms with Crippen LogP contribution >= 0.6 is 0 Å². The predicted molar refractivity (Wildman–Crippen MR) is 39.9 cm³/mol. The van der Waals surface area contributed by atoms with E-state index in [1.54, 1.807) is 24.3 Å². The summed E-state index contributed by atoms with van der Waals surface area (Å²) >= 11 is 0. The van der Waals surface area contributed by atoms with E-state index in [4.69, 9.17) is 0 Å². The van der Waals surface area contributed by atoms with Gasteiger partial charge in [-0.2, -0.15) is 0 Å². The van der Waals surface area contributed by atoms with Gasteiger partial charge < -0.3 is 0 Å². The quantitative estimate of drug-likeness (QED) is 0.556. The molecule has 0 saturated carbocycles. The molecule has 1 aromatic rings. The Kier molecular flexibility index (Phi) is 1.75. The lowest BCUT2D eigenvalue weighted by atomic mass is 10.0. The Balaban J connectivity index is 2.97. The average Bonchev–Trinajstić information content (AvgIpc) is 1.88. The molecule has 0 heterocycles. The second kappa shape index (κ2) is 2.41. The molecule has 0 unspecified atom stereocenters. The molecule has 0 spiro atoms. The van der Waals surface area contributed by atoms with Gasteiger partial charge in [0, 0.05) is 0 Å². The highest BCUT2D eigenvalue weighted by atomic mass is 19.1. The van der Waals surface area contributed by atoms with E-state index < -0.39 is 5.67 Å². The van der Waals surface area contributed by atoms with Crippen LogP contribution in [-0.2, 0) is 5.67 Å². The van der Waals surface area contributed by atoms with Crippen LogP contribution in [0, 0.1) is 13.8 Å². The van der Waals surface area contributed by atoms with Gasteiger partial charge in [0.05, 0.1) is 0 Å². The molecule has 10 heavy (non-hydrogen) atoms. The molecular weight excluding hydrogens is 127 g/mol. The van der Waals surface area contributed by atoms with Gasteiger partial charge in [0.25, 0.3) is 0 Å². The van der Waals surface area contributed by atoms with Crippen LogP contribution in [0.25, 0.3) is 0 Å². The molecule has 0 nitrogen and oxygen atoms in total. The Morgan fingerprint density at radius 3 is 1.90 bits per heavy atom. The van der Waals surface area contributed by atoms with E-state index in [9.17, 15) is 4.39 Å². The zero-order valence-corrected chi connectivity index (χ0v) is 5.68. The molecule has 1 aromatic carbocycles. The molecule has 2 radical (unpaired) electrons. The van der Waals surface area contributed by atoms with Crippen molar-refractivity contribution in [3.05, 3.63) is 49.7 Å². The van der Waals surface area contributed by atoms with Gasteiger partial charge in [0.2, 0.25) is 0 Å². The molecule has 0 saturated heterocycles. The van der Waals surface area contributed by atoms with Crippen LogP contribution in [0.2, 0.25) is 0 Å². The fourth-order valence-electron chi connectivity index (χ4n) is 0.737. The summed E-state index contributed by atoms with van der Waals surface area (Å²) in [6, 6.07) is 8.69. The number of hydrogen-bond donors (Lipinski definition) is 0. The van der Waals surface area contributed by atoms with Crippen LogP contribution in [0.4, 0.5) is 4.39 Å². The first-order valence-electron chi connectivity index (χ1n) is 3.06. The van der Waals surface area contributed by atoms with Crippen LogP contribution in [0.1, 0.15) is 5.56 Å². The van der Waals surface area contributed by atoms with Crippen LogP contribution in [0.3, 0.4) is 0 Å². The zero-order valence-electron chi connectivity index (χ0n) is 5.68. The first-order chi connectivity index (χ1) is 4.61. The van der Waals surface area contributed by atoms with E-state index in [1.165, 1.54) is 0 Å². The maximum absolute atomic E-state index is 12.9. The number of rotatable bonds is 1. The van der Waals surface area contributed by atoms with Crippen molar-refractivity contribution in [2.45, 2.75) is 5.67 Å². The van der Waals surface area contributed by atoms with Gasteiger partial charge in [-0.05, 0) is 19.4 Å². The van der Waals surface area contributed by atoms with Crippen molar-refractivity contribution in [3.63, 3.8) is 0 Å². The van der Waals surface area contributed by atoms with Crippen molar-refractivity contribution in [2.75, 3.05) is 0 Å². The SMILES string of the molecule is [CH2]C([CH2])(F)c1ccccc1. The summed E-state index contributed by atoms with van der Waals surface area (Å²) in [5.41, 5.74) is -1.20. The molecule has 0 N–H and O–H groups in total. The summed E-state index contributed by atoms with van der Waals surface area (Å²) in [6.07, 6.45) is 0. The summed E-state index contributed by atoms with van der Waals surface area (Å²) < 4.78 is 12.9. The van der Waals surface area contributed by atoms with Crippen molar-refractivity contribution in [1.29, 1.82) is 0 Å². The predicted octanol–water partition coefficient (Wildman–Crippen LogP) is 2.52. The zero-order chi connectivity index (χ0) is 7.61. The fraction of sp³-hybridized carbons (Fsp3) is 0.111. The third-order valence-electron chi connectivity index (χ3n) is 1.29. The Bertz CT molecular complexity index is 196. The van der Waals surface area contributed by atoms with Crippen LogP contribution in [-0.4, -0.2) is 0 Å². The maximum atomic E-state index is 12.9. The lowest BCUT2D eigenvalue weighted by Gasteiger charge is -2.12. The molecule has 0 aliphatic heterocycles. The average molecular weight is 136 g/mol. The minimum atomic E-state index is -1.71. The van der Waals surface area contributed by atoms with Gasteiger partial charge in [-0.15, -0.1) is 0 Å². The molecular formula is C9H9F. The number of alkyl halides is 1. The summed E-state index contributed by atoms with van der Waals surface area (Å²) in [5, 5.41) is 0. The lowest BCUT2D eigenvalue weighted by Crippen LogP contribution is -2.08. The van der Waals surface area contributed by atoms with Crippen molar-refractivity contribution in [2.24, 2.45) is 0 Å². The van der Waals surface area contributed by atoms with Crippen molar-refractivity contribution < 1.29 is 4.39 Å². The van der Waals surface area contributed by atoms with Crippen LogP contribution in [0.5, 0.6) is 0 Å². The van der Waals surface area contributed by atoms with E-state index in [0.717, 1.165) is 0 Å². The fourth-order valence-corrected chi connectivity index (χ4v) is 0.737. The van der Waals surface area contributed by atoms with Gasteiger partial charge in [-0.1, -0.05) is 30.3 Å². The lowest BCUT2D eigenvalue weighted by molar-refractivity contribution is 0.299. The molecule has 0 amide bonds. The first-order valence-corrected chi connectivity index (χ1v) is 3.06. The molecule has 0 aliphatic rings. The van der Waals surface area contributed by atoms with Crippen LogP contribution in [0.15, 0.2) is 30.3 Å². The van der Waals surface area contributed by atoms with Gasteiger partial charge in [0.15, 0.2) is 0 Å². The Morgan fingerprint density at radius 2 is 1.60 bits per heavy atom. The highest BCUT2D eigenvalue weighted by Crippen LogP contribution is 2.22. The van der Waals surface area contributed by atoms with Gasteiger partial charge in [-0.3, -0.25) is 0 Å². The minimum Gasteiger partial charge on any atom is -0.239 e. The largest absolute Gasteiger partial charge is 0.239 e. The summed E-state index contributed by atoms with van der Waals surface area (Å²) in [4.78, 5) is 0. The highest BCUT2D eigenvalue weighted by Gasteiger charge is 2.17. The number of halogens is 1. The Labute approximate surface area is 60.7 Å². The van der Waals surface area contributed by atoms with Gasteiger partial charge in [0.1, 0.15) is 5.67 Å². The van der Waals surface area contributed by atoms with Gasteiger partial charge >= 0.3 is 0 Å². The molecule has 0 aliphatic carbocycles. The molecule has 0 bridgehead atoms. The molecule has 0 fully saturated rings. The first kappa shape index (κ1) is 7.26. The van der Waals surface area contributed by atoms with Crippen molar-refractivity contribution >= 4 is 0 Å². The van der Waals surface area contributed by atoms with E-state index in [2.05, 4.69) is 13.8 Å². The smallest absolute Gasteiger partial charge is 0.136 e. The molecule has 0 aromatic heterocycles. The third kappa shape index (κ3) is 1.56. The van der Waals surface area contributed by atoms with Crippen molar-refractivity contribution in [3.8, 4) is 0 Å². The van der Waals surface area contributed by atoms with E-state index in [0.29, 0.717) is 5.56 Å². The molecule has 52 valence electrons. The van der Waals surface area contributed by atoms with Crippen molar-refractivity contribution in [1.82, 2.24) is 0 Å². The summed E-state index contributed by atoms with van der Waals surface area (Å²) in [7, 11) is 0. The normalized spacial score (nSPS) is 11.5. The van der Waals surface area contributed by atoms with E-state index >= 15 is 0 Å². The minimum absolute atomic E-state index is 0.509. The Morgan fingerprint density at radius 1 is 1.10 bits per heavy atom. The molecule has 1 rings (SSSR count). The third-order valence-corrected chi connectivity index (χ3v) is 1.29. The number of benzene rings is 1. The molecule has 0 atom stereocenters.